The summed E-state index contributed by atoms with van der Waals surface area (Å²) in [5.74, 6) is -0.0581. The van der Waals surface area contributed by atoms with E-state index in [1.165, 1.54) is 17.4 Å². The molecule has 1 heterocycles. The van der Waals surface area contributed by atoms with Crippen molar-refractivity contribution in [1.82, 2.24) is 5.32 Å². The molecule has 2 nitrogen and oxygen atoms in total. The van der Waals surface area contributed by atoms with Gasteiger partial charge in [-0.1, -0.05) is 24.6 Å². The Morgan fingerprint density at radius 1 is 1.30 bits per heavy atom. The number of benzene rings is 1. The fourth-order valence-corrected chi connectivity index (χ4v) is 2.76. The van der Waals surface area contributed by atoms with Crippen LogP contribution in [0.5, 0.6) is 5.75 Å². The lowest BCUT2D eigenvalue weighted by Gasteiger charge is -2.08. The monoisotopic (exact) mass is 313 g/mol. The van der Waals surface area contributed by atoms with E-state index in [0.29, 0.717) is 17.5 Å². The van der Waals surface area contributed by atoms with Gasteiger partial charge in [0.05, 0.1) is 4.34 Å². The van der Waals surface area contributed by atoms with Crippen molar-refractivity contribution in [3.8, 4) is 5.75 Å². The molecule has 0 aliphatic heterocycles. The van der Waals surface area contributed by atoms with Crippen molar-refractivity contribution in [3.63, 3.8) is 0 Å². The van der Waals surface area contributed by atoms with Gasteiger partial charge >= 0.3 is 0 Å². The molecule has 2 rings (SSSR count). The van der Waals surface area contributed by atoms with Gasteiger partial charge < -0.3 is 10.1 Å². The van der Waals surface area contributed by atoms with Crippen LogP contribution in [0.1, 0.15) is 23.8 Å². The number of thiophene rings is 1. The standard InChI is InChI=1S/C15H17ClFNOS/c1-2-7-18-9-11-3-5-14(13(17)8-11)19-10-12-4-6-15(16)20-12/h3-6,8,18H,2,7,9-10H2,1H3. The maximum atomic E-state index is 13.9. The van der Waals surface area contributed by atoms with E-state index in [9.17, 15) is 4.39 Å². The Labute approximate surface area is 127 Å². The van der Waals surface area contributed by atoms with Crippen molar-refractivity contribution in [2.24, 2.45) is 0 Å². The fraction of sp³-hybridized carbons (Fsp3) is 0.333. The normalized spacial score (nSPS) is 10.8. The van der Waals surface area contributed by atoms with Gasteiger partial charge in [-0.2, -0.15) is 0 Å². The van der Waals surface area contributed by atoms with Gasteiger partial charge in [0.25, 0.3) is 0 Å². The second-order valence-corrected chi connectivity index (χ2v) is 6.24. The van der Waals surface area contributed by atoms with E-state index < -0.39 is 0 Å². The smallest absolute Gasteiger partial charge is 0.165 e. The van der Waals surface area contributed by atoms with Crippen LogP contribution in [0.2, 0.25) is 4.34 Å². The zero-order chi connectivity index (χ0) is 14.4. The van der Waals surface area contributed by atoms with E-state index in [4.69, 9.17) is 16.3 Å². The van der Waals surface area contributed by atoms with Crippen molar-refractivity contribution in [2.45, 2.75) is 26.5 Å². The Hall–Kier alpha value is -1.10. The van der Waals surface area contributed by atoms with Crippen LogP contribution in [-0.2, 0) is 13.2 Å². The first-order valence-corrected chi connectivity index (χ1v) is 7.74. The first-order valence-electron chi connectivity index (χ1n) is 6.55. The van der Waals surface area contributed by atoms with Crippen LogP contribution in [0.25, 0.3) is 0 Å². The Morgan fingerprint density at radius 2 is 2.15 bits per heavy atom. The number of hydrogen-bond acceptors (Lipinski definition) is 3. The number of rotatable bonds is 7. The minimum absolute atomic E-state index is 0.272. The zero-order valence-corrected chi connectivity index (χ0v) is 12.9. The van der Waals surface area contributed by atoms with Crippen molar-refractivity contribution in [3.05, 3.63) is 50.9 Å². The Bertz CT molecular complexity index is 559. The first kappa shape index (κ1) is 15.3. The molecule has 108 valence electrons. The fourth-order valence-electron chi connectivity index (χ4n) is 1.76. The van der Waals surface area contributed by atoms with Gasteiger partial charge in [-0.05, 0) is 42.8 Å². The first-order chi connectivity index (χ1) is 9.69. The number of ether oxygens (including phenoxy) is 1. The van der Waals surface area contributed by atoms with Crippen LogP contribution in [0.4, 0.5) is 4.39 Å². The summed E-state index contributed by atoms with van der Waals surface area (Å²) in [6, 6.07) is 8.76. The third-order valence-corrected chi connectivity index (χ3v) is 3.96. The predicted molar refractivity (Wildman–Crippen MR) is 82.1 cm³/mol. The quantitative estimate of drug-likeness (QED) is 0.753. The third-order valence-electron chi connectivity index (χ3n) is 2.75. The highest BCUT2D eigenvalue weighted by molar-refractivity contribution is 7.16. The Morgan fingerprint density at radius 3 is 2.80 bits per heavy atom. The minimum Gasteiger partial charge on any atom is -0.485 e. The molecule has 5 heteroatoms. The Kier molecular flexibility index (Phi) is 5.83. The molecule has 0 amide bonds. The molecule has 0 atom stereocenters. The maximum absolute atomic E-state index is 13.9. The van der Waals surface area contributed by atoms with Crippen LogP contribution in [-0.4, -0.2) is 6.54 Å². The molecule has 0 aliphatic carbocycles. The van der Waals surface area contributed by atoms with Gasteiger partial charge in [0.1, 0.15) is 6.61 Å². The van der Waals surface area contributed by atoms with Crippen molar-refractivity contribution >= 4 is 22.9 Å². The highest BCUT2D eigenvalue weighted by Crippen LogP contribution is 2.24. The van der Waals surface area contributed by atoms with Gasteiger partial charge in [0.2, 0.25) is 0 Å². The molecule has 0 saturated carbocycles. The Balaban J connectivity index is 1.92. The number of halogens is 2. The highest BCUT2D eigenvalue weighted by Gasteiger charge is 2.06. The van der Waals surface area contributed by atoms with Crippen molar-refractivity contribution in [1.29, 1.82) is 0 Å². The lowest BCUT2D eigenvalue weighted by atomic mass is 10.2. The SMILES string of the molecule is CCCNCc1ccc(OCc2ccc(Cl)s2)c(F)c1. The third kappa shape index (κ3) is 4.47. The molecule has 0 unspecified atom stereocenters. The summed E-state index contributed by atoms with van der Waals surface area (Å²) in [6.45, 7) is 4.04. The van der Waals surface area contributed by atoms with Crippen LogP contribution in [0, 0.1) is 5.82 Å². The van der Waals surface area contributed by atoms with Gasteiger partial charge in [0.15, 0.2) is 11.6 Å². The average Bonchev–Trinajstić information content (AvgIpc) is 2.84. The summed E-state index contributed by atoms with van der Waals surface area (Å²) in [6.07, 6.45) is 1.06. The molecule has 20 heavy (non-hydrogen) atoms. The van der Waals surface area contributed by atoms with Gasteiger partial charge in [-0.15, -0.1) is 11.3 Å². The number of nitrogens with one attached hydrogen (secondary N) is 1. The summed E-state index contributed by atoms with van der Waals surface area (Å²) in [7, 11) is 0. The molecule has 0 radical (unpaired) electrons. The summed E-state index contributed by atoms with van der Waals surface area (Å²) in [4.78, 5) is 0.975. The summed E-state index contributed by atoms with van der Waals surface area (Å²) < 4.78 is 20.1. The summed E-state index contributed by atoms with van der Waals surface area (Å²) >= 11 is 7.27. The minimum atomic E-state index is -0.330. The van der Waals surface area contributed by atoms with Crippen LogP contribution in [0.15, 0.2) is 30.3 Å². The second-order valence-electron chi connectivity index (χ2n) is 4.44. The summed E-state index contributed by atoms with van der Waals surface area (Å²) in [5, 5.41) is 3.24. The molecule has 0 fully saturated rings. The largest absolute Gasteiger partial charge is 0.485 e. The molecular formula is C15H17ClFNOS. The summed E-state index contributed by atoms with van der Waals surface area (Å²) in [5.41, 5.74) is 0.919. The van der Waals surface area contributed by atoms with Crippen LogP contribution in [0.3, 0.4) is 0 Å². The molecule has 0 aliphatic rings. The molecule has 1 aromatic heterocycles. The van der Waals surface area contributed by atoms with Gasteiger partial charge in [-0.25, -0.2) is 4.39 Å². The molecule has 0 bridgehead atoms. The lowest BCUT2D eigenvalue weighted by molar-refractivity contribution is 0.293. The van der Waals surface area contributed by atoms with E-state index in [0.717, 1.165) is 23.4 Å². The van der Waals surface area contributed by atoms with Crippen molar-refractivity contribution < 1.29 is 9.13 Å². The molecular weight excluding hydrogens is 297 g/mol. The van der Waals surface area contributed by atoms with Crippen LogP contribution < -0.4 is 10.1 Å². The molecule has 2 aromatic rings. The highest BCUT2D eigenvalue weighted by atomic mass is 35.5. The topological polar surface area (TPSA) is 21.3 Å². The predicted octanol–water partition coefficient (Wildman–Crippen LogP) is 4.62. The second kappa shape index (κ2) is 7.62. The van der Waals surface area contributed by atoms with Gasteiger partial charge in [-0.3, -0.25) is 0 Å². The zero-order valence-electron chi connectivity index (χ0n) is 11.3. The number of hydrogen-bond donors (Lipinski definition) is 1. The molecule has 0 saturated heterocycles. The maximum Gasteiger partial charge on any atom is 0.165 e. The lowest BCUT2D eigenvalue weighted by Crippen LogP contribution is -2.13. The molecule has 1 N–H and O–H groups in total. The van der Waals surface area contributed by atoms with E-state index in [2.05, 4.69) is 12.2 Å². The van der Waals surface area contributed by atoms with E-state index in [1.807, 2.05) is 18.2 Å². The van der Waals surface area contributed by atoms with Gasteiger partial charge in [0, 0.05) is 11.4 Å². The van der Waals surface area contributed by atoms with Crippen molar-refractivity contribution in [2.75, 3.05) is 6.54 Å². The molecule has 0 spiro atoms. The van der Waals surface area contributed by atoms with Crippen LogP contribution >= 0.6 is 22.9 Å². The molecule has 1 aromatic carbocycles. The van der Waals surface area contributed by atoms with E-state index >= 15 is 0 Å². The van der Waals surface area contributed by atoms with E-state index in [-0.39, 0.29) is 11.6 Å². The van der Waals surface area contributed by atoms with E-state index in [1.54, 1.807) is 6.07 Å². The average molecular weight is 314 g/mol.